The Morgan fingerprint density at radius 1 is 1.03 bits per heavy atom. The molecular weight excluding hydrogens is 489 g/mol. The number of carbonyl (C=O) groups excluding carboxylic acids is 1. The molecule has 6 rings (SSSR count). The predicted octanol–water partition coefficient (Wildman–Crippen LogP) is 5.87. The molecular formula is C30H28FNO6. The number of hydrogen-bond donors (Lipinski definition) is 1. The molecule has 8 heteroatoms. The first-order chi connectivity index (χ1) is 18.5. The Kier molecular flexibility index (Phi) is 6.39. The average Bonchev–Trinajstić information content (AvgIpc) is 3.67. The van der Waals surface area contributed by atoms with E-state index in [4.69, 9.17) is 19.3 Å². The largest absolute Gasteiger partial charge is 0.492 e. The van der Waals surface area contributed by atoms with Gasteiger partial charge in [-0.15, -0.1) is 0 Å². The van der Waals surface area contributed by atoms with E-state index >= 15 is 0 Å². The van der Waals surface area contributed by atoms with E-state index in [-0.39, 0.29) is 24.1 Å². The van der Waals surface area contributed by atoms with Crippen molar-refractivity contribution in [2.75, 3.05) is 19.7 Å². The van der Waals surface area contributed by atoms with E-state index in [0.717, 1.165) is 37.1 Å². The standard InChI is InChI=1S/C30H28FNO6/c31-24-10-12-25(37-20-5-3-18(4-6-20)30(35)32-13-1-2-14-32)23-9-11-26(29(23)24)38-21-7-8-22-19(15-28(33)34)17-36-27(22)16-21/h3-8,10,12,16,19,26H,1-2,9,11,13-15,17H2,(H,33,34)/t19?,26-/m1/s1. The van der Waals surface area contributed by atoms with Crippen molar-refractivity contribution < 1.29 is 33.3 Å². The molecule has 0 radical (unpaired) electrons. The maximum atomic E-state index is 15.0. The highest BCUT2D eigenvalue weighted by Gasteiger charge is 2.32. The number of hydrogen-bond acceptors (Lipinski definition) is 5. The number of ether oxygens (including phenoxy) is 3. The second kappa shape index (κ2) is 10.0. The van der Waals surface area contributed by atoms with Crippen LogP contribution in [0.2, 0.25) is 0 Å². The molecule has 196 valence electrons. The van der Waals surface area contributed by atoms with Gasteiger partial charge in [-0.25, -0.2) is 4.39 Å². The van der Waals surface area contributed by atoms with E-state index < -0.39 is 12.1 Å². The summed E-state index contributed by atoms with van der Waals surface area (Å²) >= 11 is 0. The first kappa shape index (κ1) is 24.3. The van der Waals surface area contributed by atoms with Crippen LogP contribution in [0.4, 0.5) is 4.39 Å². The first-order valence-corrected chi connectivity index (χ1v) is 13.0. The normalized spacial score (nSPS) is 19.6. The smallest absolute Gasteiger partial charge is 0.304 e. The van der Waals surface area contributed by atoms with Gasteiger partial charge in [0.1, 0.15) is 34.9 Å². The van der Waals surface area contributed by atoms with E-state index in [9.17, 15) is 14.0 Å². The van der Waals surface area contributed by atoms with Gasteiger partial charge in [0.15, 0.2) is 0 Å². The molecule has 0 aromatic heterocycles. The molecule has 1 unspecified atom stereocenters. The van der Waals surface area contributed by atoms with E-state index in [0.29, 0.717) is 53.6 Å². The lowest BCUT2D eigenvalue weighted by Crippen LogP contribution is -2.27. The van der Waals surface area contributed by atoms with Gasteiger partial charge in [0.2, 0.25) is 0 Å². The number of benzene rings is 3. The zero-order valence-corrected chi connectivity index (χ0v) is 20.8. The molecule has 1 amide bonds. The van der Waals surface area contributed by atoms with Gasteiger partial charge < -0.3 is 24.2 Å². The minimum Gasteiger partial charge on any atom is -0.492 e. The van der Waals surface area contributed by atoms with E-state index in [1.165, 1.54) is 6.07 Å². The van der Waals surface area contributed by atoms with Crippen molar-refractivity contribution in [1.29, 1.82) is 0 Å². The maximum absolute atomic E-state index is 15.0. The first-order valence-electron chi connectivity index (χ1n) is 13.0. The quantitative estimate of drug-likeness (QED) is 0.422. The summed E-state index contributed by atoms with van der Waals surface area (Å²) in [6, 6.07) is 15.5. The second-order valence-electron chi connectivity index (χ2n) is 10.0. The zero-order chi connectivity index (χ0) is 26.2. The summed E-state index contributed by atoms with van der Waals surface area (Å²) in [6.07, 6.45) is 2.80. The van der Waals surface area contributed by atoms with Crippen molar-refractivity contribution in [1.82, 2.24) is 4.90 Å². The molecule has 0 spiro atoms. The second-order valence-corrected chi connectivity index (χ2v) is 10.0. The summed E-state index contributed by atoms with van der Waals surface area (Å²) in [7, 11) is 0. The molecule has 38 heavy (non-hydrogen) atoms. The van der Waals surface area contributed by atoms with Gasteiger partial charge in [-0.05, 0) is 68.1 Å². The van der Waals surface area contributed by atoms with Crippen molar-refractivity contribution in [2.24, 2.45) is 0 Å². The van der Waals surface area contributed by atoms with Gasteiger partial charge in [-0.2, -0.15) is 0 Å². The minimum atomic E-state index is -0.866. The Morgan fingerprint density at radius 3 is 2.55 bits per heavy atom. The molecule has 0 saturated carbocycles. The van der Waals surface area contributed by atoms with Gasteiger partial charge in [0.05, 0.1) is 13.0 Å². The van der Waals surface area contributed by atoms with E-state index in [1.807, 2.05) is 11.0 Å². The summed E-state index contributed by atoms with van der Waals surface area (Å²) in [5.74, 6) is 0.930. The highest BCUT2D eigenvalue weighted by atomic mass is 19.1. The molecule has 2 atom stereocenters. The SMILES string of the molecule is O=C(O)CC1COc2cc(O[C@@H]3CCc4c(Oc5ccc(C(=O)N6CCCC6)cc5)ccc(F)c43)ccc21. The fraction of sp³-hybridized carbons (Fsp3) is 0.333. The number of carboxylic acids is 1. The summed E-state index contributed by atoms with van der Waals surface area (Å²) in [5, 5.41) is 9.11. The fourth-order valence-electron chi connectivity index (χ4n) is 5.63. The van der Waals surface area contributed by atoms with Crippen LogP contribution in [0.1, 0.15) is 64.8 Å². The van der Waals surface area contributed by atoms with Crippen LogP contribution in [0.15, 0.2) is 54.6 Å². The number of halogens is 1. The molecule has 3 aliphatic rings. The van der Waals surface area contributed by atoms with Crippen LogP contribution in [0, 0.1) is 5.82 Å². The van der Waals surface area contributed by atoms with Crippen molar-refractivity contribution in [2.45, 2.75) is 44.1 Å². The Labute approximate surface area is 219 Å². The zero-order valence-electron chi connectivity index (χ0n) is 20.8. The predicted molar refractivity (Wildman–Crippen MR) is 137 cm³/mol. The number of likely N-dealkylation sites (tertiary alicyclic amines) is 1. The number of carboxylic acid groups (broad SMARTS) is 1. The topological polar surface area (TPSA) is 85.3 Å². The summed E-state index contributed by atoms with van der Waals surface area (Å²) in [4.78, 5) is 25.6. The third kappa shape index (κ3) is 4.66. The Morgan fingerprint density at radius 2 is 1.79 bits per heavy atom. The molecule has 3 aromatic carbocycles. The average molecular weight is 518 g/mol. The number of amides is 1. The molecule has 1 N–H and O–H groups in total. The molecule has 2 aliphatic heterocycles. The maximum Gasteiger partial charge on any atom is 0.304 e. The molecule has 7 nitrogen and oxygen atoms in total. The lowest BCUT2D eigenvalue weighted by molar-refractivity contribution is -0.137. The van der Waals surface area contributed by atoms with Crippen LogP contribution in [-0.2, 0) is 11.2 Å². The molecule has 2 heterocycles. The highest BCUT2D eigenvalue weighted by Crippen LogP contribution is 2.44. The molecule has 0 bridgehead atoms. The number of fused-ring (bicyclic) bond motifs is 2. The van der Waals surface area contributed by atoms with Crippen molar-refractivity contribution >= 4 is 11.9 Å². The van der Waals surface area contributed by atoms with Crippen LogP contribution in [0.25, 0.3) is 0 Å². The van der Waals surface area contributed by atoms with Crippen molar-refractivity contribution in [3.8, 4) is 23.0 Å². The van der Waals surface area contributed by atoms with Gasteiger partial charge in [0, 0.05) is 47.3 Å². The Bertz CT molecular complexity index is 1380. The summed E-state index contributed by atoms with van der Waals surface area (Å²) in [5.41, 5.74) is 2.73. The summed E-state index contributed by atoms with van der Waals surface area (Å²) < 4.78 is 33.0. The number of nitrogens with zero attached hydrogens (tertiary/aromatic N) is 1. The van der Waals surface area contributed by atoms with Crippen LogP contribution >= 0.6 is 0 Å². The fourth-order valence-corrected chi connectivity index (χ4v) is 5.63. The van der Waals surface area contributed by atoms with Crippen molar-refractivity contribution in [3.05, 3.63) is 82.7 Å². The summed E-state index contributed by atoms with van der Waals surface area (Å²) in [6.45, 7) is 1.91. The number of aliphatic carboxylic acids is 1. The van der Waals surface area contributed by atoms with E-state index in [2.05, 4.69) is 0 Å². The molecule has 1 aliphatic carbocycles. The monoisotopic (exact) mass is 517 g/mol. The van der Waals surface area contributed by atoms with Gasteiger partial charge in [0.25, 0.3) is 5.91 Å². The number of carbonyl (C=O) groups is 2. The van der Waals surface area contributed by atoms with Gasteiger partial charge >= 0.3 is 5.97 Å². The third-order valence-corrected chi connectivity index (χ3v) is 7.53. The highest BCUT2D eigenvalue weighted by molar-refractivity contribution is 5.94. The van der Waals surface area contributed by atoms with Crippen molar-refractivity contribution in [3.63, 3.8) is 0 Å². The van der Waals surface area contributed by atoms with Crippen LogP contribution < -0.4 is 14.2 Å². The molecule has 1 saturated heterocycles. The van der Waals surface area contributed by atoms with E-state index in [1.54, 1.807) is 42.5 Å². The minimum absolute atomic E-state index is 0.00860. The molecule has 1 fully saturated rings. The Balaban J connectivity index is 1.17. The molecule has 3 aromatic rings. The number of rotatable bonds is 7. The van der Waals surface area contributed by atoms with Gasteiger partial charge in [-0.3, -0.25) is 9.59 Å². The lowest BCUT2D eigenvalue weighted by Gasteiger charge is -2.18. The van der Waals surface area contributed by atoms with Crippen LogP contribution in [-0.4, -0.2) is 41.6 Å². The third-order valence-electron chi connectivity index (χ3n) is 7.53. The lowest BCUT2D eigenvalue weighted by atomic mass is 9.98. The Hall–Kier alpha value is -4.07. The van der Waals surface area contributed by atoms with Crippen LogP contribution in [0.5, 0.6) is 23.0 Å². The van der Waals surface area contributed by atoms with Crippen LogP contribution in [0.3, 0.4) is 0 Å². The van der Waals surface area contributed by atoms with Gasteiger partial charge in [-0.1, -0.05) is 6.07 Å².